The lowest BCUT2D eigenvalue weighted by molar-refractivity contribution is -0.115. The van der Waals surface area contributed by atoms with Crippen molar-refractivity contribution in [3.8, 4) is 11.5 Å². The molecule has 4 rings (SSSR count). The maximum absolute atomic E-state index is 12.4. The number of benzene rings is 3. The minimum absolute atomic E-state index is 0.274. The standard InChI is InChI=1S/C26H22ClN3O4S/c1-2-33-22-14-18(8-13-21(22)34-16-17-6-4-3-5-7-17)15-23-25(32)28-26(35-23)30-29-24(31)19-9-11-20(27)12-10-19/h3-15H,2,16H2,1H3,(H,29,31)(H,28,30,32). The van der Waals surface area contributed by atoms with E-state index in [2.05, 4.69) is 15.8 Å². The first kappa shape index (κ1) is 24.4. The van der Waals surface area contributed by atoms with Gasteiger partial charge in [0.15, 0.2) is 16.7 Å². The van der Waals surface area contributed by atoms with Crippen LogP contribution in [0.3, 0.4) is 0 Å². The SMILES string of the molecule is CCOc1cc(C=C2SC(=NNC(=O)c3ccc(Cl)cc3)NC2=O)ccc1OCc1ccccc1. The molecule has 2 N–H and O–H groups in total. The van der Waals surface area contributed by atoms with Gasteiger partial charge < -0.3 is 9.47 Å². The monoisotopic (exact) mass is 507 g/mol. The summed E-state index contributed by atoms with van der Waals surface area (Å²) in [6.07, 6.45) is 1.73. The van der Waals surface area contributed by atoms with Crippen molar-refractivity contribution in [1.29, 1.82) is 0 Å². The molecule has 0 bridgehead atoms. The molecule has 1 heterocycles. The average Bonchev–Trinajstić information content (AvgIpc) is 3.22. The van der Waals surface area contributed by atoms with Gasteiger partial charge in [-0.1, -0.05) is 48.0 Å². The lowest BCUT2D eigenvalue weighted by atomic mass is 10.2. The van der Waals surface area contributed by atoms with E-state index in [-0.39, 0.29) is 11.1 Å². The number of hydrazone groups is 1. The second kappa shape index (κ2) is 11.6. The van der Waals surface area contributed by atoms with E-state index in [1.807, 2.05) is 55.5 Å². The van der Waals surface area contributed by atoms with Crippen LogP contribution in [0.25, 0.3) is 6.08 Å². The number of nitrogens with one attached hydrogen (secondary N) is 2. The molecule has 1 aliphatic rings. The number of carbonyl (C=O) groups is 2. The van der Waals surface area contributed by atoms with Crippen LogP contribution in [-0.2, 0) is 11.4 Å². The summed E-state index contributed by atoms with van der Waals surface area (Å²) in [5, 5.41) is 7.46. The molecule has 1 fully saturated rings. The normalized spacial score (nSPS) is 15.2. The van der Waals surface area contributed by atoms with Gasteiger partial charge in [-0.3, -0.25) is 14.9 Å². The number of amidine groups is 1. The summed E-state index contributed by atoms with van der Waals surface area (Å²) in [5.74, 6) is 0.490. The average molecular weight is 508 g/mol. The Morgan fingerprint density at radius 1 is 1.06 bits per heavy atom. The molecule has 35 heavy (non-hydrogen) atoms. The molecule has 0 saturated carbocycles. The molecule has 0 aromatic heterocycles. The lowest BCUT2D eigenvalue weighted by Crippen LogP contribution is -2.25. The number of thioether (sulfide) groups is 1. The van der Waals surface area contributed by atoms with Crippen molar-refractivity contribution in [3.05, 3.63) is 99.4 Å². The molecule has 0 aliphatic carbocycles. The molecule has 2 amide bonds. The van der Waals surface area contributed by atoms with E-state index in [0.29, 0.717) is 40.2 Å². The maximum atomic E-state index is 12.4. The van der Waals surface area contributed by atoms with Crippen LogP contribution in [-0.4, -0.2) is 23.6 Å². The molecule has 7 nitrogen and oxygen atoms in total. The van der Waals surface area contributed by atoms with Gasteiger partial charge in [-0.25, -0.2) is 5.43 Å². The number of rotatable bonds is 8. The Labute approximate surface area is 212 Å². The van der Waals surface area contributed by atoms with Gasteiger partial charge >= 0.3 is 0 Å². The Balaban J connectivity index is 1.43. The Hall–Kier alpha value is -3.75. The van der Waals surface area contributed by atoms with Crippen LogP contribution < -0.4 is 20.2 Å². The second-order valence-corrected chi connectivity index (χ2v) is 8.81. The highest BCUT2D eigenvalue weighted by Crippen LogP contribution is 2.32. The van der Waals surface area contributed by atoms with Gasteiger partial charge in [0.2, 0.25) is 0 Å². The van der Waals surface area contributed by atoms with Crippen LogP contribution >= 0.6 is 23.4 Å². The van der Waals surface area contributed by atoms with Crippen molar-refractivity contribution in [2.75, 3.05) is 6.61 Å². The summed E-state index contributed by atoms with van der Waals surface area (Å²) in [7, 11) is 0. The van der Waals surface area contributed by atoms with Crippen LogP contribution in [0.5, 0.6) is 11.5 Å². The summed E-state index contributed by atoms with van der Waals surface area (Å²) in [6, 6.07) is 21.8. The summed E-state index contributed by atoms with van der Waals surface area (Å²) in [6.45, 7) is 2.79. The van der Waals surface area contributed by atoms with E-state index >= 15 is 0 Å². The van der Waals surface area contributed by atoms with Gasteiger partial charge in [-0.05, 0) is 72.3 Å². The third-order valence-corrected chi connectivity index (χ3v) is 5.98. The first-order valence-corrected chi connectivity index (χ1v) is 12.0. The zero-order valence-electron chi connectivity index (χ0n) is 18.8. The molecule has 0 atom stereocenters. The Morgan fingerprint density at radius 3 is 2.57 bits per heavy atom. The predicted molar refractivity (Wildman–Crippen MR) is 138 cm³/mol. The fourth-order valence-corrected chi connectivity index (χ4v) is 4.04. The molecular weight excluding hydrogens is 486 g/mol. The largest absolute Gasteiger partial charge is 0.490 e. The highest BCUT2D eigenvalue weighted by atomic mass is 35.5. The van der Waals surface area contributed by atoms with Crippen molar-refractivity contribution in [1.82, 2.24) is 10.7 Å². The molecule has 3 aromatic carbocycles. The van der Waals surface area contributed by atoms with Crippen LogP contribution in [0.4, 0.5) is 0 Å². The number of hydrogen-bond donors (Lipinski definition) is 2. The zero-order chi connectivity index (χ0) is 24.6. The number of amides is 2. The van der Waals surface area contributed by atoms with E-state index in [9.17, 15) is 9.59 Å². The summed E-state index contributed by atoms with van der Waals surface area (Å²) < 4.78 is 11.7. The molecule has 0 spiro atoms. The minimum atomic E-state index is -0.408. The van der Waals surface area contributed by atoms with Crippen LogP contribution in [0.1, 0.15) is 28.4 Å². The molecule has 1 aliphatic heterocycles. The lowest BCUT2D eigenvalue weighted by Gasteiger charge is -2.13. The summed E-state index contributed by atoms with van der Waals surface area (Å²) in [5.41, 5.74) is 4.66. The van der Waals surface area contributed by atoms with Crippen molar-refractivity contribution < 1.29 is 19.1 Å². The molecule has 0 radical (unpaired) electrons. The third-order valence-electron chi connectivity index (χ3n) is 4.82. The highest BCUT2D eigenvalue weighted by molar-refractivity contribution is 8.18. The molecule has 1 saturated heterocycles. The van der Waals surface area contributed by atoms with Gasteiger partial charge in [0.05, 0.1) is 11.5 Å². The fraction of sp³-hybridized carbons (Fsp3) is 0.115. The number of nitrogens with zero attached hydrogens (tertiary/aromatic N) is 1. The molecule has 9 heteroatoms. The van der Waals surface area contributed by atoms with Crippen molar-refractivity contribution in [2.24, 2.45) is 5.10 Å². The fourth-order valence-electron chi connectivity index (χ4n) is 3.14. The van der Waals surface area contributed by atoms with Gasteiger partial charge in [0, 0.05) is 10.6 Å². The van der Waals surface area contributed by atoms with Gasteiger partial charge in [-0.2, -0.15) is 0 Å². The van der Waals surface area contributed by atoms with Crippen LogP contribution in [0, 0.1) is 0 Å². The van der Waals surface area contributed by atoms with E-state index in [4.69, 9.17) is 21.1 Å². The number of ether oxygens (including phenoxy) is 2. The third kappa shape index (κ3) is 6.65. The minimum Gasteiger partial charge on any atom is -0.490 e. The smallest absolute Gasteiger partial charge is 0.271 e. The number of halogens is 1. The zero-order valence-corrected chi connectivity index (χ0v) is 20.4. The van der Waals surface area contributed by atoms with Crippen molar-refractivity contribution in [2.45, 2.75) is 13.5 Å². The van der Waals surface area contributed by atoms with E-state index in [0.717, 1.165) is 22.9 Å². The van der Waals surface area contributed by atoms with E-state index < -0.39 is 5.91 Å². The van der Waals surface area contributed by atoms with Crippen LogP contribution in [0.2, 0.25) is 5.02 Å². The highest BCUT2D eigenvalue weighted by Gasteiger charge is 2.24. The quantitative estimate of drug-likeness (QED) is 0.322. The summed E-state index contributed by atoms with van der Waals surface area (Å²) >= 11 is 6.97. The van der Waals surface area contributed by atoms with Crippen LogP contribution in [0.15, 0.2) is 82.8 Å². The Kier molecular flexibility index (Phi) is 8.07. The van der Waals surface area contributed by atoms with Crippen molar-refractivity contribution in [3.63, 3.8) is 0 Å². The molecular formula is C26H22ClN3O4S. The Morgan fingerprint density at radius 2 is 1.83 bits per heavy atom. The second-order valence-electron chi connectivity index (χ2n) is 7.34. The number of hydrogen-bond acceptors (Lipinski definition) is 6. The Bertz CT molecular complexity index is 1280. The first-order chi connectivity index (χ1) is 17.0. The molecule has 3 aromatic rings. The maximum Gasteiger partial charge on any atom is 0.271 e. The topological polar surface area (TPSA) is 89.0 Å². The first-order valence-electron chi connectivity index (χ1n) is 10.8. The number of carbonyl (C=O) groups excluding carboxylic acids is 2. The molecule has 0 unspecified atom stereocenters. The van der Waals surface area contributed by atoms with Gasteiger partial charge in [0.1, 0.15) is 6.61 Å². The van der Waals surface area contributed by atoms with Gasteiger partial charge in [-0.15, -0.1) is 5.10 Å². The van der Waals surface area contributed by atoms with Gasteiger partial charge in [0.25, 0.3) is 11.8 Å². The summed E-state index contributed by atoms with van der Waals surface area (Å²) in [4.78, 5) is 25.1. The molecule has 178 valence electrons. The van der Waals surface area contributed by atoms with E-state index in [1.165, 1.54) is 0 Å². The predicted octanol–water partition coefficient (Wildman–Crippen LogP) is 5.22. The van der Waals surface area contributed by atoms with Crippen molar-refractivity contribution >= 4 is 46.4 Å². The van der Waals surface area contributed by atoms with E-state index in [1.54, 1.807) is 30.3 Å².